The monoisotopic (exact) mass is 208 g/mol. The number of benzene rings is 1. The Kier molecular flexibility index (Phi) is 2.24. The highest BCUT2D eigenvalue weighted by atomic mass is 32.1. The summed E-state index contributed by atoms with van der Waals surface area (Å²) in [6.45, 7) is 0. The summed E-state index contributed by atoms with van der Waals surface area (Å²) < 4.78 is 0. The van der Waals surface area contributed by atoms with Crippen LogP contribution in [-0.2, 0) is 0 Å². The Morgan fingerprint density at radius 2 is 1.92 bits per heavy atom. The molecule has 2 aromatic rings. The normalized spacial score (nSPS) is 10.2. The first-order chi connectivity index (χ1) is 6.25. The fourth-order valence-electron chi connectivity index (χ4n) is 1.05. The van der Waals surface area contributed by atoms with Crippen LogP contribution in [0.25, 0.3) is 11.3 Å². The van der Waals surface area contributed by atoms with Crippen LogP contribution < -0.4 is 5.73 Å². The van der Waals surface area contributed by atoms with Gasteiger partial charge in [-0.15, -0.1) is 24.0 Å². The van der Waals surface area contributed by atoms with Gasteiger partial charge in [-0.25, -0.2) is 4.98 Å². The molecule has 2 nitrogen and oxygen atoms in total. The number of nitrogens with zero attached hydrogens (tertiary/aromatic N) is 1. The van der Waals surface area contributed by atoms with Crippen LogP contribution in [-0.4, -0.2) is 4.98 Å². The number of hydrogen-bond acceptors (Lipinski definition) is 4. The minimum atomic E-state index is 0.602. The molecule has 2 rings (SSSR count). The van der Waals surface area contributed by atoms with Crippen LogP contribution in [0.2, 0.25) is 0 Å². The van der Waals surface area contributed by atoms with Crippen LogP contribution in [0.5, 0.6) is 0 Å². The molecule has 13 heavy (non-hydrogen) atoms. The van der Waals surface area contributed by atoms with Crippen LogP contribution in [0.15, 0.2) is 34.5 Å². The van der Waals surface area contributed by atoms with Crippen molar-refractivity contribution in [2.24, 2.45) is 0 Å². The number of thiol groups is 1. The molecule has 0 fully saturated rings. The molecule has 1 heterocycles. The molecule has 1 aromatic carbocycles. The zero-order valence-electron chi connectivity index (χ0n) is 6.77. The summed E-state index contributed by atoms with van der Waals surface area (Å²) in [5, 5.41) is 2.55. The van der Waals surface area contributed by atoms with Crippen molar-refractivity contribution < 1.29 is 0 Å². The maximum atomic E-state index is 5.54. The molecule has 0 radical (unpaired) electrons. The SMILES string of the molecule is Nc1nc(-c2ccc(S)cc2)cs1. The lowest BCUT2D eigenvalue weighted by Gasteiger charge is -1.95. The van der Waals surface area contributed by atoms with E-state index in [0.29, 0.717) is 5.13 Å². The molecule has 0 aliphatic rings. The van der Waals surface area contributed by atoms with Crippen molar-refractivity contribution in [1.82, 2.24) is 4.98 Å². The van der Waals surface area contributed by atoms with Crippen molar-refractivity contribution >= 4 is 29.1 Å². The Labute approximate surface area is 85.8 Å². The topological polar surface area (TPSA) is 38.9 Å². The van der Waals surface area contributed by atoms with E-state index < -0.39 is 0 Å². The lowest BCUT2D eigenvalue weighted by Crippen LogP contribution is -1.82. The van der Waals surface area contributed by atoms with Crippen LogP contribution in [0, 0.1) is 0 Å². The van der Waals surface area contributed by atoms with E-state index >= 15 is 0 Å². The summed E-state index contributed by atoms with van der Waals surface area (Å²) >= 11 is 5.66. The highest BCUT2D eigenvalue weighted by Gasteiger charge is 2.00. The number of aromatic nitrogens is 1. The van der Waals surface area contributed by atoms with Gasteiger partial charge in [0.2, 0.25) is 0 Å². The van der Waals surface area contributed by atoms with Gasteiger partial charge in [0.25, 0.3) is 0 Å². The Morgan fingerprint density at radius 1 is 1.23 bits per heavy atom. The Bertz CT molecular complexity index is 406. The highest BCUT2D eigenvalue weighted by Crippen LogP contribution is 2.23. The Balaban J connectivity index is 2.41. The first kappa shape index (κ1) is 8.59. The van der Waals surface area contributed by atoms with Crippen LogP contribution in [0.3, 0.4) is 0 Å². The van der Waals surface area contributed by atoms with E-state index in [1.54, 1.807) is 0 Å². The second kappa shape index (κ2) is 3.40. The van der Waals surface area contributed by atoms with Crippen LogP contribution >= 0.6 is 24.0 Å². The molecule has 66 valence electrons. The zero-order valence-corrected chi connectivity index (χ0v) is 8.48. The van der Waals surface area contributed by atoms with Gasteiger partial charge in [-0.05, 0) is 12.1 Å². The molecular weight excluding hydrogens is 200 g/mol. The minimum Gasteiger partial charge on any atom is -0.375 e. The summed E-state index contributed by atoms with van der Waals surface area (Å²) in [6, 6.07) is 7.84. The van der Waals surface area contributed by atoms with Crippen molar-refractivity contribution in [1.29, 1.82) is 0 Å². The number of rotatable bonds is 1. The summed E-state index contributed by atoms with van der Waals surface area (Å²) in [7, 11) is 0. The molecular formula is C9H8N2S2. The molecule has 0 amide bonds. The van der Waals surface area contributed by atoms with Gasteiger partial charge in [-0.3, -0.25) is 0 Å². The summed E-state index contributed by atoms with van der Waals surface area (Å²) in [5.74, 6) is 0. The lowest BCUT2D eigenvalue weighted by atomic mass is 10.2. The van der Waals surface area contributed by atoms with Crippen LogP contribution in [0.4, 0.5) is 5.13 Å². The van der Waals surface area contributed by atoms with E-state index in [9.17, 15) is 0 Å². The number of thiazole rings is 1. The largest absolute Gasteiger partial charge is 0.375 e. The Morgan fingerprint density at radius 3 is 2.46 bits per heavy atom. The number of anilines is 1. The van der Waals surface area contributed by atoms with Gasteiger partial charge < -0.3 is 5.73 Å². The molecule has 0 bridgehead atoms. The van der Waals surface area contributed by atoms with E-state index in [1.807, 2.05) is 29.6 Å². The molecule has 4 heteroatoms. The minimum absolute atomic E-state index is 0.602. The fraction of sp³-hybridized carbons (Fsp3) is 0. The average molecular weight is 208 g/mol. The van der Waals surface area contributed by atoms with Gasteiger partial charge in [-0.2, -0.15) is 0 Å². The standard InChI is InChI=1S/C9H8N2S2/c10-9-11-8(5-13-9)6-1-3-7(12)4-2-6/h1-5,12H,(H2,10,11). The van der Waals surface area contributed by atoms with E-state index in [0.717, 1.165) is 16.2 Å². The van der Waals surface area contributed by atoms with Gasteiger partial charge in [0.15, 0.2) is 5.13 Å². The van der Waals surface area contributed by atoms with Gasteiger partial charge in [-0.1, -0.05) is 12.1 Å². The smallest absolute Gasteiger partial charge is 0.180 e. The number of nitrogens with two attached hydrogens (primary N) is 1. The van der Waals surface area contributed by atoms with Gasteiger partial charge in [0, 0.05) is 15.8 Å². The molecule has 2 N–H and O–H groups in total. The van der Waals surface area contributed by atoms with Crippen LogP contribution in [0.1, 0.15) is 0 Å². The van der Waals surface area contributed by atoms with E-state index in [4.69, 9.17) is 5.73 Å². The third-order valence-corrected chi connectivity index (χ3v) is 2.66. The lowest BCUT2D eigenvalue weighted by molar-refractivity contribution is 1.39. The quantitative estimate of drug-likeness (QED) is 0.707. The van der Waals surface area contributed by atoms with E-state index in [2.05, 4.69) is 17.6 Å². The fourth-order valence-corrected chi connectivity index (χ4v) is 1.77. The molecule has 0 atom stereocenters. The Hall–Kier alpha value is -1.00. The van der Waals surface area contributed by atoms with E-state index in [-0.39, 0.29) is 0 Å². The van der Waals surface area contributed by atoms with Gasteiger partial charge in [0.05, 0.1) is 5.69 Å². The zero-order chi connectivity index (χ0) is 9.26. The highest BCUT2D eigenvalue weighted by molar-refractivity contribution is 7.80. The maximum absolute atomic E-state index is 5.54. The van der Waals surface area contributed by atoms with Crippen molar-refractivity contribution in [2.45, 2.75) is 4.90 Å². The number of nitrogen functional groups attached to an aromatic ring is 1. The second-order valence-corrected chi connectivity index (χ2v) is 4.02. The summed E-state index contributed by atoms with van der Waals surface area (Å²) in [5.41, 5.74) is 7.54. The predicted molar refractivity (Wildman–Crippen MR) is 59.2 cm³/mol. The third kappa shape index (κ3) is 1.84. The average Bonchev–Trinajstić information content (AvgIpc) is 2.53. The molecule has 0 saturated carbocycles. The first-order valence-corrected chi connectivity index (χ1v) is 5.09. The van der Waals surface area contributed by atoms with Crippen molar-refractivity contribution in [2.75, 3.05) is 5.73 Å². The molecule has 0 spiro atoms. The van der Waals surface area contributed by atoms with Crippen molar-refractivity contribution in [3.63, 3.8) is 0 Å². The summed E-state index contributed by atoms with van der Waals surface area (Å²) in [6.07, 6.45) is 0. The number of hydrogen-bond donors (Lipinski definition) is 2. The molecule has 0 aliphatic carbocycles. The van der Waals surface area contributed by atoms with Crippen molar-refractivity contribution in [3.8, 4) is 11.3 Å². The van der Waals surface area contributed by atoms with Crippen molar-refractivity contribution in [3.05, 3.63) is 29.6 Å². The molecule has 0 unspecified atom stereocenters. The molecule has 1 aromatic heterocycles. The first-order valence-electron chi connectivity index (χ1n) is 3.76. The predicted octanol–water partition coefficient (Wildman–Crippen LogP) is 2.68. The maximum Gasteiger partial charge on any atom is 0.180 e. The van der Waals surface area contributed by atoms with E-state index in [1.165, 1.54) is 11.3 Å². The second-order valence-electron chi connectivity index (χ2n) is 2.62. The van der Waals surface area contributed by atoms with Gasteiger partial charge in [0.1, 0.15) is 0 Å². The molecule has 0 saturated heterocycles. The third-order valence-electron chi connectivity index (χ3n) is 1.69. The van der Waals surface area contributed by atoms with Gasteiger partial charge >= 0.3 is 0 Å². The summed E-state index contributed by atoms with van der Waals surface area (Å²) in [4.78, 5) is 5.13. The molecule has 0 aliphatic heterocycles.